The summed E-state index contributed by atoms with van der Waals surface area (Å²) in [5.41, 5.74) is 2.47. The van der Waals surface area contributed by atoms with Gasteiger partial charge < -0.3 is 10.6 Å². The number of carbonyl (C=O) groups is 1. The molecule has 0 bridgehead atoms. The number of nitrogens with one attached hydrogen (secondary N) is 2. The van der Waals surface area contributed by atoms with Crippen molar-refractivity contribution in [1.29, 1.82) is 0 Å². The second kappa shape index (κ2) is 6.34. The largest absolute Gasteiger partial charge is 0.353 e. The Morgan fingerprint density at radius 3 is 2.89 bits per heavy atom. The fraction of sp³-hybridized carbons (Fsp3) is 0.500. The van der Waals surface area contributed by atoms with E-state index >= 15 is 0 Å². The van der Waals surface area contributed by atoms with Crippen LogP contribution in [-0.2, 0) is 11.3 Å². The summed E-state index contributed by atoms with van der Waals surface area (Å²) in [5, 5.41) is 6.28. The summed E-state index contributed by atoms with van der Waals surface area (Å²) >= 11 is 3.55. The minimum atomic E-state index is 0.160. The van der Waals surface area contributed by atoms with Crippen molar-refractivity contribution in [2.75, 3.05) is 6.54 Å². The highest BCUT2D eigenvalue weighted by atomic mass is 79.9. The second-order valence-corrected chi connectivity index (χ2v) is 5.72. The van der Waals surface area contributed by atoms with Crippen molar-refractivity contribution in [2.45, 2.75) is 38.8 Å². The van der Waals surface area contributed by atoms with E-state index in [0.717, 1.165) is 30.4 Å². The van der Waals surface area contributed by atoms with Gasteiger partial charge in [0, 0.05) is 30.0 Å². The zero-order valence-electron chi connectivity index (χ0n) is 10.6. The average Bonchev–Trinajstić information content (AvgIpc) is 3.10. The third kappa shape index (κ3) is 4.42. The van der Waals surface area contributed by atoms with Gasteiger partial charge in [-0.05, 0) is 37.0 Å². The lowest BCUT2D eigenvalue weighted by atomic mass is 10.1. The van der Waals surface area contributed by atoms with Gasteiger partial charge in [-0.2, -0.15) is 0 Å². The van der Waals surface area contributed by atoms with Gasteiger partial charge in [0.1, 0.15) is 0 Å². The molecule has 1 aliphatic carbocycles. The zero-order valence-corrected chi connectivity index (χ0v) is 12.2. The summed E-state index contributed by atoms with van der Waals surface area (Å²) in [6.07, 6.45) is 2.85. The molecule has 2 rings (SSSR count). The SMILES string of the molecule is Cc1ccc(CNCCC(=O)NC2CC2)c(Br)c1. The van der Waals surface area contributed by atoms with E-state index in [1.165, 1.54) is 11.1 Å². The number of benzene rings is 1. The molecule has 1 aliphatic rings. The van der Waals surface area contributed by atoms with Crippen molar-refractivity contribution in [2.24, 2.45) is 0 Å². The molecule has 4 heteroatoms. The number of aryl methyl sites for hydroxylation is 1. The summed E-state index contributed by atoms with van der Waals surface area (Å²) < 4.78 is 1.12. The van der Waals surface area contributed by atoms with Gasteiger partial charge >= 0.3 is 0 Å². The summed E-state index contributed by atoms with van der Waals surface area (Å²) in [7, 11) is 0. The Balaban J connectivity index is 1.66. The van der Waals surface area contributed by atoms with Crippen LogP contribution in [0.3, 0.4) is 0 Å². The molecule has 1 aromatic carbocycles. The molecule has 0 spiro atoms. The highest BCUT2D eigenvalue weighted by molar-refractivity contribution is 9.10. The number of carbonyl (C=O) groups excluding carboxylic acids is 1. The molecule has 1 aromatic rings. The van der Waals surface area contributed by atoms with Crippen LogP contribution in [-0.4, -0.2) is 18.5 Å². The Hall–Kier alpha value is -0.870. The van der Waals surface area contributed by atoms with E-state index in [4.69, 9.17) is 0 Å². The first-order valence-corrected chi connectivity index (χ1v) is 7.19. The molecule has 0 saturated heterocycles. The van der Waals surface area contributed by atoms with Gasteiger partial charge in [0.05, 0.1) is 0 Å². The van der Waals surface area contributed by atoms with Gasteiger partial charge in [-0.25, -0.2) is 0 Å². The van der Waals surface area contributed by atoms with Gasteiger partial charge in [0.15, 0.2) is 0 Å². The van der Waals surface area contributed by atoms with Gasteiger partial charge in [0.25, 0.3) is 0 Å². The number of amides is 1. The predicted molar refractivity (Wildman–Crippen MR) is 76.4 cm³/mol. The number of hydrogen-bond donors (Lipinski definition) is 2. The average molecular weight is 311 g/mol. The maximum atomic E-state index is 11.5. The van der Waals surface area contributed by atoms with Crippen LogP contribution >= 0.6 is 15.9 Å². The first-order valence-electron chi connectivity index (χ1n) is 6.40. The molecule has 0 unspecified atom stereocenters. The molecule has 0 aromatic heterocycles. The van der Waals surface area contributed by atoms with E-state index in [9.17, 15) is 4.79 Å². The van der Waals surface area contributed by atoms with E-state index in [0.29, 0.717) is 12.5 Å². The van der Waals surface area contributed by atoms with Crippen molar-refractivity contribution in [3.63, 3.8) is 0 Å². The van der Waals surface area contributed by atoms with Crippen LogP contribution in [0, 0.1) is 6.92 Å². The Labute approximate surface area is 116 Å². The van der Waals surface area contributed by atoms with Crippen LogP contribution in [0.15, 0.2) is 22.7 Å². The monoisotopic (exact) mass is 310 g/mol. The third-order valence-electron chi connectivity index (χ3n) is 3.00. The van der Waals surface area contributed by atoms with Crippen LogP contribution in [0.25, 0.3) is 0 Å². The Kier molecular flexibility index (Phi) is 4.78. The van der Waals surface area contributed by atoms with Gasteiger partial charge in [-0.3, -0.25) is 4.79 Å². The van der Waals surface area contributed by atoms with Crippen LogP contribution < -0.4 is 10.6 Å². The van der Waals surface area contributed by atoms with E-state index in [2.05, 4.69) is 51.7 Å². The summed E-state index contributed by atoms with van der Waals surface area (Å²) in [5.74, 6) is 0.160. The van der Waals surface area contributed by atoms with Crippen molar-refractivity contribution < 1.29 is 4.79 Å². The maximum absolute atomic E-state index is 11.5. The zero-order chi connectivity index (χ0) is 13.0. The minimum absolute atomic E-state index is 0.160. The fourth-order valence-electron chi connectivity index (χ4n) is 1.75. The molecular weight excluding hydrogens is 292 g/mol. The molecule has 98 valence electrons. The third-order valence-corrected chi connectivity index (χ3v) is 3.73. The van der Waals surface area contributed by atoms with Gasteiger partial charge in [-0.15, -0.1) is 0 Å². The Morgan fingerprint density at radius 2 is 2.22 bits per heavy atom. The molecule has 1 saturated carbocycles. The van der Waals surface area contributed by atoms with Crippen LogP contribution in [0.1, 0.15) is 30.4 Å². The topological polar surface area (TPSA) is 41.1 Å². The van der Waals surface area contributed by atoms with E-state index in [-0.39, 0.29) is 5.91 Å². The molecule has 1 amide bonds. The van der Waals surface area contributed by atoms with E-state index < -0.39 is 0 Å². The van der Waals surface area contributed by atoms with Crippen LogP contribution in [0.2, 0.25) is 0 Å². The first-order chi connectivity index (χ1) is 8.65. The van der Waals surface area contributed by atoms with Crippen LogP contribution in [0.4, 0.5) is 0 Å². The maximum Gasteiger partial charge on any atom is 0.221 e. The molecule has 0 aliphatic heterocycles. The molecule has 3 nitrogen and oxygen atoms in total. The summed E-state index contributed by atoms with van der Waals surface area (Å²) in [6, 6.07) is 6.78. The molecule has 1 fully saturated rings. The molecule has 0 atom stereocenters. The minimum Gasteiger partial charge on any atom is -0.353 e. The quantitative estimate of drug-likeness (QED) is 0.793. The Morgan fingerprint density at radius 1 is 1.44 bits per heavy atom. The lowest BCUT2D eigenvalue weighted by molar-refractivity contribution is -0.121. The lowest BCUT2D eigenvalue weighted by Crippen LogP contribution is -2.29. The number of rotatable bonds is 6. The second-order valence-electron chi connectivity index (χ2n) is 4.86. The van der Waals surface area contributed by atoms with E-state index in [1.54, 1.807) is 0 Å². The number of halogens is 1. The highest BCUT2D eigenvalue weighted by Gasteiger charge is 2.22. The normalized spacial score (nSPS) is 14.6. The summed E-state index contributed by atoms with van der Waals surface area (Å²) in [4.78, 5) is 11.5. The molecule has 18 heavy (non-hydrogen) atoms. The lowest BCUT2D eigenvalue weighted by Gasteiger charge is -2.08. The van der Waals surface area contributed by atoms with Crippen molar-refractivity contribution in [1.82, 2.24) is 10.6 Å². The highest BCUT2D eigenvalue weighted by Crippen LogP contribution is 2.19. The van der Waals surface area contributed by atoms with Crippen molar-refractivity contribution >= 4 is 21.8 Å². The van der Waals surface area contributed by atoms with Crippen LogP contribution in [0.5, 0.6) is 0 Å². The molecular formula is C14H19BrN2O. The first kappa shape index (κ1) is 13.6. The molecule has 0 radical (unpaired) electrons. The van der Waals surface area contributed by atoms with Crippen molar-refractivity contribution in [3.05, 3.63) is 33.8 Å². The van der Waals surface area contributed by atoms with Crippen molar-refractivity contribution in [3.8, 4) is 0 Å². The standard InChI is InChI=1S/C14H19BrN2O/c1-10-2-3-11(13(15)8-10)9-16-7-6-14(18)17-12-4-5-12/h2-3,8,12,16H,4-7,9H2,1H3,(H,17,18). The van der Waals surface area contributed by atoms with Gasteiger partial charge in [-0.1, -0.05) is 28.1 Å². The smallest absolute Gasteiger partial charge is 0.221 e. The molecule has 2 N–H and O–H groups in total. The predicted octanol–water partition coefficient (Wildman–Crippen LogP) is 2.52. The number of hydrogen-bond acceptors (Lipinski definition) is 2. The van der Waals surface area contributed by atoms with Gasteiger partial charge in [0.2, 0.25) is 5.91 Å². The molecule has 0 heterocycles. The summed E-state index contributed by atoms with van der Waals surface area (Å²) in [6.45, 7) is 3.58. The Bertz CT molecular complexity index is 430. The fourth-order valence-corrected chi connectivity index (χ4v) is 2.38. The van der Waals surface area contributed by atoms with E-state index in [1.807, 2.05) is 0 Å².